The topological polar surface area (TPSA) is 86.5 Å². The van der Waals surface area contributed by atoms with E-state index in [4.69, 9.17) is 11.5 Å². The van der Waals surface area contributed by atoms with Crippen molar-refractivity contribution >= 4 is 5.96 Å². The summed E-state index contributed by atoms with van der Waals surface area (Å²) in [6.07, 6.45) is -3.03. The van der Waals surface area contributed by atoms with E-state index in [1.807, 2.05) is 0 Å². The van der Waals surface area contributed by atoms with E-state index in [1.54, 1.807) is 0 Å². The van der Waals surface area contributed by atoms with Crippen LogP contribution >= 0.6 is 0 Å². The molecule has 0 aromatic carbocycles. The van der Waals surface area contributed by atoms with Crippen LogP contribution in [0.2, 0.25) is 0 Å². The number of aromatic nitrogens is 1. The number of guanidine groups is 1. The molecule has 0 spiro atoms. The molecule has 0 radical (unpaired) electrons. The molecule has 0 atom stereocenters. The summed E-state index contributed by atoms with van der Waals surface area (Å²) in [7, 11) is 0. The first-order chi connectivity index (χ1) is 7.87. The zero-order chi connectivity index (χ0) is 12.9. The SMILES string of the molecule is NC(N)=NCc1ccc(OCC(F)(F)F)nc1. The van der Waals surface area contributed by atoms with Crippen LogP contribution in [0.1, 0.15) is 5.56 Å². The summed E-state index contributed by atoms with van der Waals surface area (Å²) >= 11 is 0. The maximum atomic E-state index is 11.8. The zero-order valence-electron chi connectivity index (χ0n) is 8.74. The van der Waals surface area contributed by atoms with Crippen LogP contribution < -0.4 is 16.2 Å². The molecule has 0 fully saturated rings. The van der Waals surface area contributed by atoms with Crippen LogP contribution in [-0.2, 0) is 6.54 Å². The first-order valence-electron chi connectivity index (χ1n) is 4.57. The Labute approximate surface area is 95.3 Å². The van der Waals surface area contributed by atoms with Crippen molar-refractivity contribution in [2.75, 3.05) is 6.61 Å². The van der Waals surface area contributed by atoms with E-state index in [9.17, 15) is 13.2 Å². The maximum absolute atomic E-state index is 11.8. The van der Waals surface area contributed by atoms with Gasteiger partial charge in [-0.15, -0.1) is 0 Å². The highest BCUT2D eigenvalue weighted by Gasteiger charge is 2.28. The predicted octanol–water partition coefficient (Wildman–Crippen LogP) is 0.796. The van der Waals surface area contributed by atoms with Gasteiger partial charge in [0.2, 0.25) is 5.88 Å². The molecular weight excluding hydrogens is 237 g/mol. The molecule has 0 unspecified atom stereocenters. The molecule has 0 aliphatic rings. The number of ether oxygens (including phenoxy) is 1. The van der Waals surface area contributed by atoms with E-state index in [1.165, 1.54) is 18.3 Å². The minimum Gasteiger partial charge on any atom is -0.468 e. The second kappa shape index (κ2) is 5.37. The minimum absolute atomic E-state index is 0.0672. The van der Waals surface area contributed by atoms with Crippen LogP contribution in [0.4, 0.5) is 13.2 Å². The fourth-order valence-electron chi connectivity index (χ4n) is 0.928. The predicted molar refractivity (Wildman–Crippen MR) is 55.3 cm³/mol. The Kier molecular flexibility index (Phi) is 4.13. The van der Waals surface area contributed by atoms with Crippen molar-refractivity contribution in [3.8, 4) is 5.88 Å². The van der Waals surface area contributed by atoms with Gasteiger partial charge in [-0.1, -0.05) is 6.07 Å². The first kappa shape index (κ1) is 13.1. The standard InChI is InChI=1S/C9H11F3N4O/c10-9(11,12)5-17-7-2-1-6(3-15-7)4-16-8(13)14/h1-3H,4-5H2,(H4,13,14,16). The molecule has 0 aliphatic carbocycles. The van der Waals surface area contributed by atoms with Crippen molar-refractivity contribution in [2.24, 2.45) is 16.5 Å². The highest BCUT2D eigenvalue weighted by Crippen LogP contribution is 2.17. The number of nitrogens with two attached hydrogens (primary N) is 2. The lowest BCUT2D eigenvalue weighted by Crippen LogP contribution is -2.22. The number of alkyl halides is 3. The highest BCUT2D eigenvalue weighted by atomic mass is 19.4. The molecule has 8 heteroatoms. The van der Waals surface area contributed by atoms with Gasteiger partial charge in [0.25, 0.3) is 0 Å². The van der Waals surface area contributed by atoms with Crippen LogP contribution in [0.3, 0.4) is 0 Å². The Bertz CT molecular complexity index is 384. The lowest BCUT2D eigenvalue weighted by molar-refractivity contribution is -0.154. The van der Waals surface area contributed by atoms with Crippen molar-refractivity contribution in [3.63, 3.8) is 0 Å². The number of pyridine rings is 1. The van der Waals surface area contributed by atoms with Crippen molar-refractivity contribution in [1.29, 1.82) is 0 Å². The Hall–Kier alpha value is -1.99. The van der Waals surface area contributed by atoms with E-state index >= 15 is 0 Å². The summed E-state index contributed by atoms with van der Waals surface area (Å²) < 4.78 is 39.9. The molecule has 4 N–H and O–H groups in total. The molecule has 1 rings (SSSR count). The Morgan fingerprint density at radius 1 is 1.35 bits per heavy atom. The van der Waals surface area contributed by atoms with Gasteiger partial charge in [-0.2, -0.15) is 13.2 Å². The molecular formula is C9H11F3N4O. The lowest BCUT2D eigenvalue weighted by Gasteiger charge is -2.08. The molecule has 1 aromatic rings. The number of halogens is 3. The van der Waals surface area contributed by atoms with Crippen LogP contribution in [0.25, 0.3) is 0 Å². The van der Waals surface area contributed by atoms with Gasteiger partial charge in [0.1, 0.15) is 0 Å². The van der Waals surface area contributed by atoms with Gasteiger partial charge in [0.15, 0.2) is 12.6 Å². The second-order valence-electron chi connectivity index (χ2n) is 3.15. The third-order valence-corrected chi connectivity index (χ3v) is 1.63. The fraction of sp³-hybridized carbons (Fsp3) is 0.333. The van der Waals surface area contributed by atoms with Gasteiger partial charge >= 0.3 is 6.18 Å². The van der Waals surface area contributed by atoms with Crippen molar-refractivity contribution < 1.29 is 17.9 Å². The summed E-state index contributed by atoms with van der Waals surface area (Å²) in [5, 5.41) is 0. The van der Waals surface area contributed by atoms with Gasteiger partial charge in [-0.3, -0.25) is 0 Å². The first-order valence-corrected chi connectivity index (χ1v) is 4.57. The van der Waals surface area contributed by atoms with Crippen LogP contribution in [0, 0.1) is 0 Å². The number of hydrogen-bond acceptors (Lipinski definition) is 3. The van der Waals surface area contributed by atoms with Gasteiger partial charge < -0.3 is 16.2 Å². The normalized spacial score (nSPS) is 11.0. The molecule has 1 aromatic heterocycles. The number of rotatable bonds is 4. The Morgan fingerprint density at radius 3 is 2.53 bits per heavy atom. The third kappa shape index (κ3) is 5.59. The third-order valence-electron chi connectivity index (χ3n) is 1.63. The Balaban J connectivity index is 2.53. The maximum Gasteiger partial charge on any atom is 0.422 e. The number of aliphatic imine (C=N–C) groups is 1. The van der Waals surface area contributed by atoms with Crippen molar-refractivity contribution in [2.45, 2.75) is 12.7 Å². The highest BCUT2D eigenvalue weighted by molar-refractivity contribution is 5.75. The Morgan fingerprint density at radius 2 is 2.06 bits per heavy atom. The van der Waals surface area contributed by atoms with E-state index in [2.05, 4.69) is 14.7 Å². The summed E-state index contributed by atoms with van der Waals surface area (Å²) in [6, 6.07) is 2.86. The van der Waals surface area contributed by atoms with Crippen molar-refractivity contribution in [1.82, 2.24) is 4.98 Å². The van der Waals surface area contributed by atoms with Crippen LogP contribution in [0.15, 0.2) is 23.3 Å². The van der Waals surface area contributed by atoms with E-state index in [0.29, 0.717) is 5.56 Å². The molecule has 0 aliphatic heterocycles. The summed E-state index contributed by atoms with van der Waals surface area (Å²) in [4.78, 5) is 7.41. The molecule has 0 saturated carbocycles. The molecule has 17 heavy (non-hydrogen) atoms. The molecule has 0 saturated heterocycles. The zero-order valence-corrected chi connectivity index (χ0v) is 8.74. The van der Waals surface area contributed by atoms with E-state index in [0.717, 1.165) is 0 Å². The van der Waals surface area contributed by atoms with Gasteiger partial charge in [0.05, 0.1) is 6.54 Å². The monoisotopic (exact) mass is 248 g/mol. The summed E-state index contributed by atoms with van der Waals surface area (Å²) in [5.41, 5.74) is 10.9. The van der Waals surface area contributed by atoms with Gasteiger partial charge in [-0.25, -0.2) is 9.98 Å². The smallest absolute Gasteiger partial charge is 0.422 e. The van der Waals surface area contributed by atoms with Crippen molar-refractivity contribution in [3.05, 3.63) is 23.9 Å². The molecule has 0 bridgehead atoms. The lowest BCUT2D eigenvalue weighted by atomic mass is 10.3. The van der Waals surface area contributed by atoms with E-state index < -0.39 is 12.8 Å². The van der Waals surface area contributed by atoms with Crippen LogP contribution in [-0.4, -0.2) is 23.7 Å². The molecule has 0 amide bonds. The summed E-state index contributed by atoms with van der Waals surface area (Å²) in [5.74, 6) is -0.168. The van der Waals surface area contributed by atoms with Gasteiger partial charge in [-0.05, 0) is 5.56 Å². The number of hydrogen-bond donors (Lipinski definition) is 2. The fourth-order valence-corrected chi connectivity index (χ4v) is 0.928. The summed E-state index contributed by atoms with van der Waals surface area (Å²) in [6.45, 7) is -1.15. The largest absolute Gasteiger partial charge is 0.468 e. The average Bonchev–Trinajstić information content (AvgIpc) is 2.24. The number of nitrogens with zero attached hydrogens (tertiary/aromatic N) is 2. The molecule has 5 nitrogen and oxygen atoms in total. The molecule has 94 valence electrons. The van der Waals surface area contributed by atoms with Crippen LogP contribution in [0.5, 0.6) is 5.88 Å². The minimum atomic E-state index is -4.38. The van der Waals surface area contributed by atoms with Gasteiger partial charge in [0, 0.05) is 12.3 Å². The molecule has 1 heterocycles. The average molecular weight is 248 g/mol. The quantitative estimate of drug-likeness (QED) is 0.609. The second-order valence-corrected chi connectivity index (χ2v) is 3.15. The van der Waals surface area contributed by atoms with E-state index in [-0.39, 0.29) is 18.4 Å².